The van der Waals surface area contributed by atoms with E-state index in [1.54, 1.807) is 6.07 Å². The summed E-state index contributed by atoms with van der Waals surface area (Å²) >= 11 is 5.78. The normalized spacial score (nSPS) is 20.6. The van der Waals surface area contributed by atoms with Gasteiger partial charge >= 0.3 is 7.12 Å². The maximum Gasteiger partial charge on any atom is 0.494 e. The van der Waals surface area contributed by atoms with Crippen LogP contribution in [0.15, 0.2) is 24.8 Å². The molecule has 0 unspecified atom stereocenters. The summed E-state index contributed by atoms with van der Waals surface area (Å²) in [5.74, 6) is -0.452. The van der Waals surface area contributed by atoms with E-state index in [0.717, 1.165) is 0 Å². The SMILES string of the molecule is C=C(B1OC(C)(C)C(C)(C)O1)c1ccc(F)c(Cl)c1. The molecule has 1 fully saturated rings. The van der Waals surface area contributed by atoms with Crippen molar-refractivity contribution in [3.8, 4) is 0 Å². The Morgan fingerprint density at radius 2 is 1.74 bits per heavy atom. The molecule has 5 heteroatoms. The fraction of sp³-hybridized carbons (Fsp3) is 0.429. The molecule has 0 amide bonds. The van der Waals surface area contributed by atoms with E-state index in [9.17, 15) is 4.39 Å². The van der Waals surface area contributed by atoms with E-state index < -0.39 is 24.1 Å². The largest absolute Gasteiger partial charge is 0.494 e. The van der Waals surface area contributed by atoms with Crippen molar-refractivity contribution in [2.45, 2.75) is 38.9 Å². The second kappa shape index (κ2) is 4.62. The molecule has 1 heterocycles. The Morgan fingerprint density at radius 3 is 2.21 bits per heavy atom. The molecular formula is C14H17BClFO2. The van der Waals surface area contributed by atoms with E-state index in [1.807, 2.05) is 27.7 Å². The van der Waals surface area contributed by atoms with Gasteiger partial charge in [-0.05, 0) is 50.9 Å². The zero-order valence-electron chi connectivity index (χ0n) is 11.6. The van der Waals surface area contributed by atoms with Crippen LogP contribution in [0.3, 0.4) is 0 Å². The average Bonchev–Trinajstić information content (AvgIpc) is 2.51. The van der Waals surface area contributed by atoms with Crippen molar-refractivity contribution in [2.75, 3.05) is 0 Å². The van der Waals surface area contributed by atoms with E-state index in [2.05, 4.69) is 6.58 Å². The molecule has 0 N–H and O–H groups in total. The Labute approximate surface area is 118 Å². The van der Waals surface area contributed by atoms with Crippen LogP contribution in [0.25, 0.3) is 5.47 Å². The van der Waals surface area contributed by atoms with E-state index in [-0.39, 0.29) is 5.02 Å². The topological polar surface area (TPSA) is 18.5 Å². The van der Waals surface area contributed by atoms with Crippen molar-refractivity contribution in [2.24, 2.45) is 0 Å². The summed E-state index contributed by atoms with van der Waals surface area (Å²) in [5.41, 5.74) is 0.500. The van der Waals surface area contributed by atoms with Crippen molar-refractivity contribution in [3.05, 3.63) is 41.2 Å². The Hall–Kier alpha value is -0.835. The van der Waals surface area contributed by atoms with Gasteiger partial charge in [0.1, 0.15) is 5.82 Å². The summed E-state index contributed by atoms with van der Waals surface area (Å²) in [7, 11) is -0.550. The Kier molecular flexibility index (Phi) is 3.54. The summed E-state index contributed by atoms with van der Waals surface area (Å²) in [6.07, 6.45) is 0. The number of halogens is 2. The fourth-order valence-electron chi connectivity index (χ4n) is 1.82. The lowest BCUT2D eigenvalue weighted by molar-refractivity contribution is 0.00578. The van der Waals surface area contributed by atoms with Crippen molar-refractivity contribution in [1.29, 1.82) is 0 Å². The third-order valence-corrected chi connectivity index (χ3v) is 4.12. The second-order valence-electron chi connectivity index (χ2n) is 5.74. The van der Waals surface area contributed by atoms with Crippen LogP contribution in [0.2, 0.25) is 5.02 Å². The maximum atomic E-state index is 13.2. The highest BCUT2D eigenvalue weighted by Gasteiger charge is 2.52. The molecule has 1 saturated heterocycles. The highest BCUT2D eigenvalue weighted by Crippen LogP contribution is 2.40. The first-order valence-corrected chi connectivity index (χ1v) is 6.52. The second-order valence-corrected chi connectivity index (χ2v) is 6.15. The van der Waals surface area contributed by atoms with Gasteiger partial charge in [0.15, 0.2) is 0 Å². The number of hydrogen-bond donors (Lipinski definition) is 0. The summed E-state index contributed by atoms with van der Waals surface area (Å²) in [6.45, 7) is 11.9. The van der Waals surface area contributed by atoms with Crippen molar-refractivity contribution >= 4 is 24.2 Å². The van der Waals surface area contributed by atoms with Crippen molar-refractivity contribution in [3.63, 3.8) is 0 Å². The predicted octanol–water partition coefficient (Wildman–Crippen LogP) is 4.12. The molecule has 0 aliphatic carbocycles. The molecule has 19 heavy (non-hydrogen) atoms. The minimum atomic E-state index is -0.550. The molecule has 2 rings (SSSR count). The average molecular weight is 283 g/mol. The van der Waals surface area contributed by atoms with Crippen LogP contribution >= 0.6 is 11.6 Å². The van der Waals surface area contributed by atoms with Gasteiger partial charge in [-0.15, -0.1) is 0 Å². The molecule has 0 radical (unpaired) electrons. The van der Waals surface area contributed by atoms with E-state index in [0.29, 0.717) is 11.0 Å². The lowest BCUT2D eigenvalue weighted by Crippen LogP contribution is -2.41. The molecule has 0 bridgehead atoms. The molecule has 1 aromatic carbocycles. The summed E-state index contributed by atoms with van der Waals surface area (Å²) in [5, 5.41) is 0.0650. The van der Waals surface area contributed by atoms with E-state index in [4.69, 9.17) is 20.9 Å². The molecule has 0 aromatic heterocycles. The molecule has 102 valence electrons. The van der Waals surface area contributed by atoms with Gasteiger partial charge in [0.05, 0.1) is 16.2 Å². The third-order valence-electron chi connectivity index (χ3n) is 3.83. The van der Waals surface area contributed by atoms with Crippen LogP contribution in [0.1, 0.15) is 33.3 Å². The number of hydrogen-bond acceptors (Lipinski definition) is 2. The highest BCUT2D eigenvalue weighted by atomic mass is 35.5. The van der Waals surface area contributed by atoms with Crippen molar-refractivity contribution in [1.82, 2.24) is 0 Å². The number of benzene rings is 1. The molecule has 0 atom stereocenters. The van der Waals surface area contributed by atoms with Gasteiger partial charge in [0, 0.05) is 0 Å². The highest BCUT2D eigenvalue weighted by molar-refractivity contribution is 6.68. The molecular weight excluding hydrogens is 265 g/mol. The van der Waals surface area contributed by atoms with Gasteiger partial charge in [-0.2, -0.15) is 0 Å². The molecule has 2 nitrogen and oxygen atoms in total. The summed E-state index contributed by atoms with van der Waals surface area (Å²) < 4.78 is 24.9. The molecule has 1 aliphatic heterocycles. The maximum absolute atomic E-state index is 13.2. The standard InChI is InChI=1S/C14H17BClFO2/c1-9(10-6-7-12(17)11(16)8-10)15-18-13(2,3)14(4,5)19-15/h6-8H,1H2,2-5H3. The van der Waals surface area contributed by atoms with E-state index in [1.165, 1.54) is 12.1 Å². The quantitative estimate of drug-likeness (QED) is 0.760. The lowest BCUT2D eigenvalue weighted by Gasteiger charge is -2.32. The Morgan fingerprint density at radius 1 is 1.21 bits per heavy atom. The summed E-state index contributed by atoms with van der Waals surface area (Å²) in [6, 6.07) is 4.47. The zero-order chi connectivity index (χ0) is 14.4. The monoisotopic (exact) mass is 282 g/mol. The van der Waals surface area contributed by atoms with Crippen LogP contribution in [-0.2, 0) is 9.31 Å². The van der Waals surface area contributed by atoms with Crippen LogP contribution in [-0.4, -0.2) is 18.3 Å². The first-order chi connectivity index (χ1) is 8.64. The van der Waals surface area contributed by atoms with Gasteiger partial charge in [-0.25, -0.2) is 4.39 Å². The first kappa shape index (κ1) is 14.6. The zero-order valence-corrected chi connectivity index (χ0v) is 12.3. The minimum absolute atomic E-state index is 0.0650. The predicted molar refractivity (Wildman–Crippen MR) is 76.5 cm³/mol. The van der Waals surface area contributed by atoms with Crippen LogP contribution in [0.4, 0.5) is 4.39 Å². The Bertz CT molecular complexity index is 512. The van der Waals surface area contributed by atoms with Crippen LogP contribution in [0, 0.1) is 5.82 Å². The van der Waals surface area contributed by atoms with Crippen LogP contribution in [0.5, 0.6) is 0 Å². The van der Waals surface area contributed by atoms with Gasteiger partial charge in [-0.1, -0.05) is 24.2 Å². The smallest absolute Gasteiger partial charge is 0.399 e. The summed E-state index contributed by atoms with van der Waals surface area (Å²) in [4.78, 5) is 0. The van der Waals surface area contributed by atoms with Gasteiger partial charge in [0.25, 0.3) is 0 Å². The van der Waals surface area contributed by atoms with Crippen molar-refractivity contribution < 1.29 is 13.7 Å². The van der Waals surface area contributed by atoms with Gasteiger partial charge in [-0.3, -0.25) is 0 Å². The van der Waals surface area contributed by atoms with Gasteiger partial charge in [0.2, 0.25) is 0 Å². The Balaban J connectivity index is 2.24. The lowest BCUT2D eigenvalue weighted by atomic mass is 9.75. The first-order valence-electron chi connectivity index (χ1n) is 6.14. The minimum Gasteiger partial charge on any atom is -0.399 e. The molecule has 1 aliphatic rings. The molecule has 0 saturated carbocycles. The molecule has 0 spiro atoms. The van der Waals surface area contributed by atoms with E-state index >= 15 is 0 Å². The third kappa shape index (κ3) is 2.57. The fourth-order valence-corrected chi connectivity index (χ4v) is 2.00. The number of rotatable bonds is 2. The molecule has 1 aromatic rings. The van der Waals surface area contributed by atoms with Gasteiger partial charge < -0.3 is 9.31 Å². The van der Waals surface area contributed by atoms with Crippen LogP contribution < -0.4 is 0 Å².